The summed E-state index contributed by atoms with van der Waals surface area (Å²) in [5.41, 5.74) is 4.06. The lowest BCUT2D eigenvalue weighted by Gasteiger charge is -2.36. The van der Waals surface area contributed by atoms with E-state index in [1.165, 1.54) is 11.1 Å². The van der Waals surface area contributed by atoms with Gasteiger partial charge in [-0.1, -0.05) is 121 Å². The van der Waals surface area contributed by atoms with Crippen LogP contribution in [0.5, 0.6) is 0 Å². The molecule has 4 heteroatoms. The van der Waals surface area contributed by atoms with Crippen molar-refractivity contribution in [2.45, 2.75) is 31.6 Å². The monoisotopic (exact) mass is 458 g/mol. The summed E-state index contributed by atoms with van der Waals surface area (Å²) in [7, 11) is 0. The third kappa shape index (κ3) is 4.73. The maximum atomic E-state index is 5.08. The van der Waals surface area contributed by atoms with Crippen molar-refractivity contribution in [2.24, 2.45) is 10.2 Å². The lowest BCUT2D eigenvalue weighted by molar-refractivity contribution is 0.0339. The summed E-state index contributed by atoms with van der Waals surface area (Å²) in [5.74, 6) is 0. The van der Waals surface area contributed by atoms with Gasteiger partial charge in [0.1, 0.15) is 17.7 Å². The first-order chi connectivity index (χ1) is 17.1. The number of nitrogens with zero attached hydrogens (tertiary/aromatic N) is 4. The van der Waals surface area contributed by atoms with E-state index in [1.807, 2.05) is 48.8 Å². The predicted octanol–water partition coefficient (Wildman–Crippen LogP) is 6.89. The number of rotatable bonds is 6. The van der Waals surface area contributed by atoms with Crippen molar-refractivity contribution in [1.29, 1.82) is 0 Å². The first-order valence-corrected chi connectivity index (χ1v) is 12.0. The van der Waals surface area contributed by atoms with Crippen LogP contribution in [0.2, 0.25) is 0 Å². The molecule has 35 heavy (non-hydrogen) atoms. The van der Waals surface area contributed by atoms with Crippen LogP contribution >= 0.6 is 0 Å². The van der Waals surface area contributed by atoms with E-state index in [0.29, 0.717) is 0 Å². The maximum Gasteiger partial charge on any atom is 0.141 e. The van der Waals surface area contributed by atoms with E-state index in [2.05, 4.69) is 109 Å². The third-order valence-corrected chi connectivity index (χ3v) is 6.49. The highest BCUT2D eigenvalue weighted by molar-refractivity contribution is 5.80. The second-order valence-electron chi connectivity index (χ2n) is 9.21. The van der Waals surface area contributed by atoms with Gasteiger partial charge in [-0.05, 0) is 36.1 Å². The van der Waals surface area contributed by atoms with Gasteiger partial charge >= 0.3 is 0 Å². The average Bonchev–Trinajstić information content (AvgIpc) is 3.14. The van der Waals surface area contributed by atoms with Gasteiger partial charge in [-0.25, -0.2) is 0 Å². The Labute approximate surface area is 207 Å². The van der Waals surface area contributed by atoms with E-state index < -0.39 is 5.66 Å². The Morgan fingerprint density at radius 1 is 0.514 bits per heavy atom. The van der Waals surface area contributed by atoms with Gasteiger partial charge in [-0.3, -0.25) is 10.0 Å². The molecule has 1 fully saturated rings. The average molecular weight is 459 g/mol. The zero-order valence-electron chi connectivity index (χ0n) is 20.1. The van der Waals surface area contributed by atoms with Gasteiger partial charge in [0.2, 0.25) is 0 Å². The van der Waals surface area contributed by atoms with Crippen LogP contribution in [-0.2, 0) is 0 Å². The SMILES string of the molecule is CC1(C)N(/N=C\c2ccccc2)[C@H](c2ccccc2)[C@H](c2ccccc2)N1/N=C/c1ccccc1. The molecular weight excluding hydrogens is 428 g/mol. The fraction of sp³-hybridized carbons (Fsp3) is 0.161. The molecule has 0 N–H and O–H groups in total. The minimum Gasteiger partial charge on any atom is -0.261 e. The minimum atomic E-state index is -0.489. The number of hydrogen-bond donors (Lipinski definition) is 0. The van der Waals surface area contributed by atoms with Crippen molar-refractivity contribution in [3.63, 3.8) is 0 Å². The zero-order valence-corrected chi connectivity index (χ0v) is 20.1. The Morgan fingerprint density at radius 3 is 1.17 bits per heavy atom. The van der Waals surface area contributed by atoms with Crippen molar-refractivity contribution < 1.29 is 0 Å². The highest BCUT2D eigenvalue weighted by Crippen LogP contribution is 2.51. The highest BCUT2D eigenvalue weighted by atomic mass is 15.7. The number of hydrazone groups is 2. The van der Waals surface area contributed by atoms with Crippen LogP contribution in [0, 0.1) is 0 Å². The Balaban J connectivity index is 1.64. The number of benzene rings is 4. The van der Waals surface area contributed by atoms with E-state index >= 15 is 0 Å². The fourth-order valence-corrected chi connectivity index (χ4v) is 4.76. The molecule has 0 aromatic heterocycles. The van der Waals surface area contributed by atoms with Gasteiger partial charge in [0.05, 0.1) is 12.4 Å². The molecule has 1 saturated heterocycles. The molecule has 0 radical (unpaired) electrons. The molecule has 0 bridgehead atoms. The standard InChI is InChI=1S/C31H30N4/c1-31(2)34(32-23-25-15-7-3-8-16-25)29(27-19-11-5-12-20-27)30(28-21-13-6-14-22-28)35(31)33-24-26-17-9-4-10-18-26/h3-24,29-30H,1-2H3/b32-23-,33-24+/t29-,30+/m1/s1. The van der Waals surface area contributed by atoms with Crippen LogP contribution in [0.3, 0.4) is 0 Å². The summed E-state index contributed by atoms with van der Waals surface area (Å²) in [6.45, 7) is 4.38. The van der Waals surface area contributed by atoms with E-state index in [-0.39, 0.29) is 12.1 Å². The summed E-state index contributed by atoms with van der Waals surface area (Å²) < 4.78 is 0. The van der Waals surface area contributed by atoms with Crippen LogP contribution in [0.25, 0.3) is 0 Å². The molecule has 2 atom stereocenters. The van der Waals surface area contributed by atoms with Crippen molar-refractivity contribution in [1.82, 2.24) is 10.0 Å². The number of hydrogen-bond acceptors (Lipinski definition) is 4. The van der Waals surface area contributed by atoms with Crippen LogP contribution in [0.4, 0.5) is 0 Å². The van der Waals surface area contributed by atoms with Gasteiger partial charge in [0.15, 0.2) is 0 Å². The summed E-state index contributed by atoms with van der Waals surface area (Å²) >= 11 is 0. The third-order valence-electron chi connectivity index (χ3n) is 6.49. The Hall–Kier alpha value is -4.18. The van der Waals surface area contributed by atoms with Gasteiger partial charge in [0, 0.05) is 0 Å². The van der Waals surface area contributed by atoms with Crippen molar-refractivity contribution >= 4 is 12.4 Å². The topological polar surface area (TPSA) is 31.2 Å². The Kier molecular flexibility index (Phi) is 6.44. The van der Waals surface area contributed by atoms with E-state index in [9.17, 15) is 0 Å². The molecule has 1 aliphatic rings. The van der Waals surface area contributed by atoms with E-state index in [1.54, 1.807) is 0 Å². The van der Waals surface area contributed by atoms with Crippen LogP contribution in [0.1, 0.15) is 48.2 Å². The van der Waals surface area contributed by atoms with Crippen LogP contribution < -0.4 is 0 Å². The molecule has 1 aliphatic heterocycles. The zero-order chi connectivity index (χ0) is 24.1. The normalized spacial score (nSPS) is 19.6. The summed E-state index contributed by atoms with van der Waals surface area (Å²) in [6.07, 6.45) is 3.90. The first-order valence-electron chi connectivity index (χ1n) is 12.0. The predicted molar refractivity (Wildman–Crippen MR) is 144 cm³/mol. The first kappa shape index (κ1) is 22.6. The molecular formula is C31H30N4. The minimum absolute atomic E-state index is 0.0264. The maximum absolute atomic E-state index is 5.08. The summed E-state index contributed by atoms with van der Waals surface area (Å²) in [6, 6.07) is 41.7. The second-order valence-corrected chi connectivity index (χ2v) is 9.21. The second kappa shape index (κ2) is 9.98. The van der Waals surface area contributed by atoms with E-state index in [4.69, 9.17) is 10.2 Å². The Bertz CT molecular complexity index is 1170. The summed E-state index contributed by atoms with van der Waals surface area (Å²) in [4.78, 5) is 0. The molecule has 4 nitrogen and oxygen atoms in total. The van der Waals surface area contributed by atoms with Gasteiger partial charge in [0.25, 0.3) is 0 Å². The molecule has 0 unspecified atom stereocenters. The largest absolute Gasteiger partial charge is 0.261 e. The fourth-order valence-electron chi connectivity index (χ4n) is 4.76. The summed E-state index contributed by atoms with van der Waals surface area (Å²) in [5, 5.41) is 14.6. The smallest absolute Gasteiger partial charge is 0.141 e. The quantitative estimate of drug-likeness (QED) is 0.295. The highest BCUT2D eigenvalue weighted by Gasteiger charge is 2.53. The molecule has 0 amide bonds. The molecule has 0 saturated carbocycles. The van der Waals surface area contributed by atoms with Crippen molar-refractivity contribution in [2.75, 3.05) is 0 Å². The lowest BCUT2D eigenvalue weighted by Crippen LogP contribution is -2.44. The van der Waals surface area contributed by atoms with Gasteiger partial charge < -0.3 is 0 Å². The van der Waals surface area contributed by atoms with Crippen LogP contribution in [0.15, 0.2) is 132 Å². The Morgan fingerprint density at radius 2 is 0.829 bits per heavy atom. The van der Waals surface area contributed by atoms with Crippen LogP contribution in [-0.4, -0.2) is 28.1 Å². The molecule has 5 rings (SSSR count). The molecule has 0 aliphatic carbocycles. The van der Waals surface area contributed by atoms with Gasteiger partial charge in [-0.15, -0.1) is 0 Å². The molecule has 4 aromatic rings. The van der Waals surface area contributed by atoms with Gasteiger partial charge in [-0.2, -0.15) is 10.2 Å². The van der Waals surface area contributed by atoms with Crippen molar-refractivity contribution in [3.8, 4) is 0 Å². The lowest BCUT2D eigenvalue weighted by atomic mass is 9.94. The molecule has 4 aromatic carbocycles. The molecule has 0 spiro atoms. The molecule has 174 valence electrons. The molecule has 1 heterocycles. The van der Waals surface area contributed by atoms with Crippen molar-refractivity contribution in [3.05, 3.63) is 144 Å². The van der Waals surface area contributed by atoms with E-state index in [0.717, 1.165) is 11.1 Å².